The second-order valence-electron chi connectivity index (χ2n) is 3.99. The van der Waals surface area contributed by atoms with E-state index in [0.29, 0.717) is 5.92 Å². The lowest BCUT2D eigenvalue weighted by molar-refractivity contribution is 0.454. The Bertz CT molecular complexity index is 456. The minimum Gasteiger partial charge on any atom is -0.317 e. The Labute approximate surface area is 88.4 Å². The summed E-state index contributed by atoms with van der Waals surface area (Å²) in [5, 5.41) is 3.37. The summed E-state index contributed by atoms with van der Waals surface area (Å²) in [7, 11) is 0. The molecule has 1 aliphatic rings. The molecule has 1 fully saturated rings. The maximum atomic E-state index is 4.49. The first-order chi connectivity index (χ1) is 7.45. The van der Waals surface area contributed by atoms with Gasteiger partial charge in [0.15, 0.2) is 5.65 Å². The van der Waals surface area contributed by atoms with Crippen LogP contribution in [-0.2, 0) is 0 Å². The third-order valence-electron chi connectivity index (χ3n) is 3.06. The molecule has 1 aliphatic heterocycles. The maximum Gasteiger partial charge on any atom is 0.158 e. The largest absolute Gasteiger partial charge is 0.317 e. The molecule has 0 aliphatic carbocycles. The second kappa shape index (κ2) is 3.62. The summed E-state index contributed by atoms with van der Waals surface area (Å²) in [4.78, 5) is 8.87. The first kappa shape index (κ1) is 8.85. The van der Waals surface area contributed by atoms with Crippen molar-refractivity contribution in [3.8, 4) is 0 Å². The Morgan fingerprint density at radius 2 is 1.87 bits per heavy atom. The van der Waals surface area contributed by atoms with Gasteiger partial charge in [0, 0.05) is 30.7 Å². The molecule has 0 amide bonds. The molecule has 1 saturated heterocycles. The number of nitrogens with zero attached hydrogens (tertiary/aromatic N) is 3. The topological polar surface area (TPSA) is 42.2 Å². The maximum absolute atomic E-state index is 4.49. The molecule has 4 heteroatoms. The number of hydrogen-bond acceptors (Lipinski definition) is 3. The third-order valence-corrected chi connectivity index (χ3v) is 3.06. The zero-order valence-corrected chi connectivity index (χ0v) is 8.56. The van der Waals surface area contributed by atoms with E-state index in [4.69, 9.17) is 0 Å². The molecule has 3 rings (SSSR count). The Morgan fingerprint density at radius 1 is 1.13 bits per heavy atom. The highest BCUT2D eigenvalue weighted by Gasteiger charge is 2.19. The zero-order valence-electron chi connectivity index (χ0n) is 8.56. The molecular formula is C11H14N4. The van der Waals surface area contributed by atoms with Crippen LogP contribution in [-0.4, -0.2) is 27.5 Å². The molecule has 15 heavy (non-hydrogen) atoms. The number of rotatable bonds is 1. The van der Waals surface area contributed by atoms with Crippen LogP contribution in [0.4, 0.5) is 0 Å². The molecule has 78 valence electrons. The first-order valence-electron chi connectivity index (χ1n) is 5.43. The van der Waals surface area contributed by atoms with Gasteiger partial charge in [0.05, 0.1) is 5.69 Å². The summed E-state index contributed by atoms with van der Waals surface area (Å²) < 4.78 is 2.05. The minimum atomic E-state index is 0.567. The van der Waals surface area contributed by atoms with Crippen molar-refractivity contribution in [2.24, 2.45) is 0 Å². The van der Waals surface area contributed by atoms with Crippen molar-refractivity contribution >= 4 is 5.65 Å². The van der Waals surface area contributed by atoms with E-state index in [2.05, 4.69) is 15.3 Å². The van der Waals surface area contributed by atoms with Crippen molar-refractivity contribution in [3.63, 3.8) is 0 Å². The van der Waals surface area contributed by atoms with Gasteiger partial charge in [-0.1, -0.05) is 0 Å². The van der Waals surface area contributed by atoms with E-state index in [9.17, 15) is 0 Å². The van der Waals surface area contributed by atoms with Crippen LogP contribution >= 0.6 is 0 Å². The highest BCUT2D eigenvalue weighted by atomic mass is 15.0. The summed E-state index contributed by atoms with van der Waals surface area (Å²) in [5.41, 5.74) is 2.17. The molecule has 0 atom stereocenters. The number of nitrogens with one attached hydrogen (secondary N) is 1. The van der Waals surface area contributed by atoms with Crippen LogP contribution in [0.5, 0.6) is 0 Å². The smallest absolute Gasteiger partial charge is 0.158 e. The minimum absolute atomic E-state index is 0.567. The molecular weight excluding hydrogens is 188 g/mol. The molecule has 4 nitrogen and oxygen atoms in total. The zero-order chi connectivity index (χ0) is 10.1. The molecule has 0 aromatic carbocycles. The van der Waals surface area contributed by atoms with Crippen LogP contribution < -0.4 is 5.32 Å². The van der Waals surface area contributed by atoms with Crippen molar-refractivity contribution in [2.45, 2.75) is 18.8 Å². The Hall–Kier alpha value is -1.42. The average molecular weight is 202 g/mol. The fraction of sp³-hybridized carbons (Fsp3) is 0.455. The van der Waals surface area contributed by atoms with Gasteiger partial charge in [0.25, 0.3) is 0 Å². The third kappa shape index (κ3) is 1.51. The van der Waals surface area contributed by atoms with Gasteiger partial charge in [0.2, 0.25) is 0 Å². The van der Waals surface area contributed by atoms with Crippen molar-refractivity contribution in [1.82, 2.24) is 19.7 Å². The first-order valence-corrected chi connectivity index (χ1v) is 5.43. The standard InChI is InChI=1S/C11H14N4/c1-3-12-4-2-9(1)10-11-14-6-8-15(11)7-5-13-10/h5-9,12H,1-4H2. The lowest BCUT2D eigenvalue weighted by atomic mass is 9.94. The van der Waals surface area contributed by atoms with Crippen LogP contribution in [0, 0.1) is 0 Å². The molecule has 3 heterocycles. The molecule has 0 bridgehead atoms. The predicted molar refractivity (Wildman–Crippen MR) is 57.8 cm³/mol. The van der Waals surface area contributed by atoms with Crippen molar-refractivity contribution in [2.75, 3.05) is 13.1 Å². The predicted octanol–water partition coefficient (Wildman–Crippen LogP) is 1.20. The number of aromatic nitrogens is 3. The second-order valence-corrected chi connectivity index (χ2v) is 3.99. The number of imidazole rings is 1. The monoisotopic (exact) mass is 202 g/mol. The average Bonchev–Trinajstić information content (AvgIpc) is 2.78. The van der Waals surface area contributed by atoms with Crippen molar-refractivity contribution < 1.29 is 0 Å². The summed E-state index contributed by atoms with van der Waals surface area (Å²) >= 11 is 0. The van der Waals surface area contributed by atoms with Gasteiger partial charge in [-0.25, -0.2) is 4.98 Å². The molecule has 0 radical (unpaired) electrons. The quantitative estimate of drug-likeness (QED) is 0.755. The van der Waals surface area contributed by atoms with E-state index in [1.54, 1.807) is 0 Å². The van der Waals surface area contributed by atoms with E-state index >= 15 is 0 Å². The van der Waals surface area contributed by atoms with E-state index in [1.165, 1.54) is 12.8 Å². The van der Waals surface area contributed by atoms with Crippen LogP contribution in [0.3, 0.4) is 0 Å². The SMILES string of the molecule is c1cn2ccnc2c(C2CCNCC2)n1. The highest BCUT2D eigenvalue weighted by molar-refractivity contribution is 5.45. The van der Waals surface area contributed by atoms with Gasteiger partial charge < -0.3 is 9.72 Å². The molecule has 0 saturated carbocycles. The van der Waals surface area contributed by atoms with E-state index < -0.39 is 0 Å². The fourth-order valence-corrected chi connectivity index (χ4v) is 2.26. The van der Waals surface area contributed by atoms with Gasteiger partial charge >= 0.3 is 0 Å². The van der Waals surface area contributed by atoms with Crippen LogP contribution in [0.1, 0.15) is 24.5 Å². The Kier molecular flexibility index (Phi) is 2.14. The lowest BCUT2D eigenvalue weighted by Gasteiger charge is -2.22. The van der Waals surface area contributed by atoms with Crippen LogP contribution in [0.2, 0.25) is 0 Å². The highest BCUT2D eigenvalue weighted by Crippen LogP contribution is 2.25. The summed E-state index contributed by atoms with van der Waals surface area (Å²) in [6.45, 7) is 2.18. The molecule has 2 aromatic rings. The lowest BCUT2D eigenvalue weighted by Crippen LogP contribution is -2.27. The summed E-state index contributed by atoms with van der Waals surface area (Å²) in [6, 6.07) is 0. The number of fused-ring (bicyclic) bond motifs is 1. The summed E-state index contributed by atoms with van der Waals surface area (Å²) in [6.07, 6.45) is 9.96. The van der Waals surface area contributed by atoms with Crippen LogP contribution in [0.15, 0.2) is 24.8 Å². The van der Waals surface area contributed by atoms with E-state index in [1.807, 2.05) is 29.2 Å². The summed E-state index contributed by atoms with van der Waals surface area (Å²) in [5.74, 6) is 0.567. The van der Waals surface area contributed by atoms with Crippen LogP contribution in [0.25, 0.3) is 5.65 Å². The molecule has 0 spiro atoms. The Balaban J connectivity index is 2.05. The fourth-order valence-electron chi connectivity index (χ4n) is 2.26. The van der Waals surface area contributed by atoms with Crippen molar-refractivity contribution in [3.05, 3.63) is 30.5 Å². The van der Waals surface area contributed by atoms with Gasteiger partial charge in [-0.2, -0.15) is 0 Å². The van der Waals surface area contributed by atoms with Crippen molar-refractivity contribution in [1.29, 1.82) is 0 Å². The normalized spacial score (nSPS) is 18.4. The van der Waals surface area contributed by atoms with Gasteiger partial charge in [0.1, 0.15) is 0 Å². The van der Waals surface area contributed by atoms with Gasteiger partial charge in [-0.3, -0.25) is 4.98 Å². The molecule has 2 aromatic heterocycles. The molecule has 0 unspecified atom stereocenters. The van der Waals surface area contributed by atoms with Gasteiger partial charge in [-0.15, -0.1) is 0 Å². The Morgan fingerprint density at radius 3 is 2.67 bits per heavy atom. The number of hydrogen-bond donors (Lipinski definition) is 1. The van der Waals surface area contributed by atoms with E-state index in [-0.39, 0.29) is 0 Å². The van der Waals surface area contributed by atoms with E-state index in [0.717, 1.165) is 24.4 Å². The van der Waals surface area contributed by atoms with Gasteiger partial charge in [-0.05, 0) is 25.9 Å². The molecule has 1 N–H and O–H groups in total. The number of piperidine rings is 1.